The van der Waals surface area contributed by atoms with Gasteiger partial charge in [-0.15, -0.1) is 0 Å². The van der Waals surface area contributed by atoms with Gasteiger partial charge in [0.2, 0.25) is 5.95 Å². The number of aromatic nitrogens is 4. The molecule has 2 N–H and O–H groups in total. The third-order valence-corrected chi connectivity index (χ3v) is 4.64. The Bertz CT molecular complexity index is 1160. The number of hydrogen-bond acceptors (Lipinski definition) is 7. The molecule has 2 aromatic heterocycles. The van der Waals surface area contributed by atoms with Crippen LogP contribution in [0, 0.1) is 5.82 Å². The monoisotopic (exact) mass is 408 g/mol. The van der Waals surface area contributed by atoms with Gasteiger partial charge in [0.05, 0.1) is 24.5 Å². The van der Waals surface area contributed by atoms with Gasteiger partial charge in [0, 0.05) is 30.9 Å². The molecule has 0 aliphatic carbocycles. The molecule has 0 amide bonds. The highest BCUT2D eigenvalue weighted by atomic mass is 19.1. The van der Waals surface area contributed by atoms with Gasteiger partial charge in [-0.2, -0.15) is 10.1 Å². The van der Waals surface area contributed by atoms with Gasteiger partial charge < -0.3 is 20.1 Å². The normalized spacial score (nSPS) is 11.0. The van der Waals surface area contributed by atoms with Gasteiger partial charge in [-0.05, 0) is 36.4 Å². The van der Waals surface area contributed by atoms with Gasteiger partial charge in [-0.25, -0.2) is 14.1 Å². The zero-order chi connectivity index (χ0) is 21.1. The first-order valence-corrected chi connectivity index (χ1v) is 9.29. The maximum atomic E-state index is 14.6. The van der Waals surface area contributed by atoms with E-state index in [2.05, 4.69) is 15.1 Å². The van der Waals surface area contributed by atoms with Crippen LogP contribution in [-0.4, -0.2) is 47.1 Å². The Hall–Kier alpha value is -3.72. The van der Waals surface area contributed by atoms with Crippen LogP contribution in [0.1, 0.15) is 0 Å². The summed E-state index contributed by atoms with van der Waals surface area (Å²) >= 11 is 0. The van der Waals surface area contributed by atoms with E-state index in [1.165, 1.54) is 4.68 Å². The van der Waals surface area contributed by atoms with Gasteiger partial charge in [0.25, 0.3) is 0 Å². The first-order valence-electron chi connectivity index (χ1n) is 9.29. The molecule has 2 heterocycles. The van der Waals surface area contributed by atoms with Crippen molar-refractivity contribution in [2.75, 3.05) is 38.0 Å². The van der Waals surface area contributed by atoms with E-state index in [1.54, 1.807) is 37.4 Å². The van der Waals surface area contributed by atoms with Crippen molar-refractivity contribution in [2.45, 2.75) is 0 Å². The summed E-state index contributed by atoms with van der Waals surface area (Å²) in [6.07, 6.45) is 2.73. The van der Waals surface area contributed by atoms with E-state index in [0.717, 1.165) is 23.0 Å². The van der Waals surface area contributed by atoms with E-state index < -0.39 is 5.82 Å². The lowest BCUT2D eigenvalue weighted by atomic mass is 10.2. The average molecular weight is 408 g/mol. The zero-order valence-electron chi connectivity index (χ0n) is 16.6. The summed E-state index contributed by atoms with van der Waals surface area (Å²) in [5.74, 6) is 0.519. The standard InChI is InChI=1S/C21H21FN6O2/c1-27(14-6-8-15(9-7-14)30-11-10-29-2)21-24-13-17(22)20(26-21)28-19-5-3-4-18(23)16(19)12-25-28/h3-9,12-13H,10-11,23H2,1-2H3. The predicted octanol–water partition coefficient (Wildman–Crippen LogP) is 3.33. The smallest absolute Gasteiger partial charge is 0.231 e. The summed E-state index contributed by atoms with van der Waals surface area (Å²) in [6, 6.07) is 12.8. The van der Waals surface area contributed by atoms with Crippen LogP contribution in [0.5, 0.6) is 5.75 Å². The number of methoxy groups -OCH3 is 1. The highest BCUT2D eigenvalue weighted by Crippen LogP contribution is 2.26. The Labute approximate surface area is 172 Å². The number of nitrogens with two attached hydrogens (primary N) is 1. The van der Waals surface area contributed by atoms with Crippen molar-refractivity contribution in [1.29, 1.82) is 0 Å². The highest BCUT2D eigenvalue weighted by molar-refractivity contribution is 5.90. The number of hydrogen-bond donors (Lipinski definition) is 1. The molecule has 0 spiro atoms. The molecule has 4 aromatic rings. The van der Waals surface area contributed by atoms with Crippen molar-refractivity contribution in [2.24, 2.45) is 0 Å². The van der Waals surface area contributed by atoms with Crippen LogP contribution < -0.4 is 15.4 Å². The molecule has 30 heavy (non-hydrogen) atoms. The second kappa shape index (κ2) is 8.34. The molecule has 0 aliphatic heterocycles. The number of ether oxygens (including phenoxy) is 2. The minimum atomic E-state index is -0.582. The number of fused-ring (bicyclic) bond motifs is 1. The number of nitrogen functional groups attached to an aromatic ring is 1. The maximum Gasteiger partial charge on any atom is 0.231 e. The van der Waals surface area contributed by atoms with Crippen molar-refractivity contribution >= 4 is 28.2 Å². The molecule has 4 rings (SSSR count). The van der Waals surface area contributed by atoms with E-state index in [9.17, 15) is 4.39 Å². The second-order valence-corrected chi connectivity index (χ2v) is 6.57. The van der Waals surface area contributed by atoms with Gasteiger partial charge in [-0.1, -0.05) is 6.07 Å². The van der Waals surface area contributed by atoms with Crippen molar-refractivity contribution in [1.82, 2.24) is 19.7 Å². The fourth-order valence-electron chi connectivity index (χ4n) is 3.03. The summed E-state index contributed by atoms with van der Waals surface area (Å²) < 4.78 is 26.5. The van der Waals surface area contributed by atoms with Crippen LogP contribution in [-0.2, 0) is 4.74 Å². The molecular formula is C21H21FN6O2. The second-order valence-electron chi connectivity index (χ2n) is 6.57. The van der Waals surface area contributed by atoms with Crippen LogP contribution in [0.2, 0.25) is 0 Å². The van der Waals surface area contributed by atoms with Crippen molar-refractivity contribution in [3.05, 3.63) is 60.7 Å². The molecular weight excluding hydrogens is 387 g/mol. The van der Waals surface area contributed by atoms with Crippen molar-refractivity contribution < 1.29 is 13.9 Å². The van der Waals surface area contributed by atoms with E-state index in [1.807, 2.05) is 30.3 Å². The molecule has 8 nitrogen and oxygen atoms in total. The lowest BCUT2D eigenvalue weighted by Gasteiger charge is -2.18. The largest absolute Gasteiger partial charge is 0.491 e. The number of rotatable bonds is 7. The van der Waals surface area contributed by atoms with Crippen molar-refractivity contribution in [3.63, 3.8) is 0 Å². The highest BCUT2D eigenvalue weighted by Gasteiger charge is 2.16. The van der Waals surface area contributed by atoms with Crippen LogP contribution in [0.4, 0.5) is 21.7 Å². The van der Waals surface area contributed by atoms with Crippen LogP contribution in [0.25, 0.3) is 16.7 Å². The quantitative estimate of drug-likeness (QED) is 0.370. The molecule has 2 aromatic carbocycles. The van der Waals surface area contributed by atoms with E-state index in [0.29, 0.717) is 30.4 Å². The topological polar surface area (TPSA) is 91.3 Å². The number of anilines is 3. The van der Waals surface area contributed by atoms with Gasteiger partial charge in [0.1, 0.15) is 12.4 Å². The van der Waals surface area contributed by atoms with E-state index in [4.69, 9.17) is 15.2 Å². The van der Waals surface area contributed by atoms with Gasteiger partial charge in [-0.3, -0.25) is 0 Å². The molecule has 0 bridgehead atoms. The SMILES string of the molecule is COCCOc1ccc(N(C)c2ncc(F)c(-n3ncc4c(N)cccc43)n2)cc1. The predicted molar refractivity (Wildman–Crippen MR) is 113 cm³/mol. The molecule has 0 aliphatic rings. The van der Waals surface area contributed by atoms with Crippen LogP contribution >= 0.6 is 0 Å². The summed E-state index contributed by atoms with van der Waals surface area (Å²) in [5.41, 5.74) is 8.04. The third kappa shape index (κ3) is 3.74. The van der Waals surface area contributed by atoms with Gasteiger partial charge in [0.15, 0.2) is 11.6 Å². The average Bonchev–Trinajstić information content (AvgIpc) is 3.20. The lowest BCUT2D eigenvalue weighted by Crippen LogP contribution is -2.15. The minimum Gasteiger partial charge on any atom is -0.491 e. The fraction of sp³-hybridized carbons (Fsp3) is 0.190. The third-order valence-electron chi connectivity index (χ3n) is 4.64. The maximum absolute atomic E-state index is 14.6. The van der Waals surface area contributed by atoms with Crippen molar-refractivity contribution in [3.8, 4) is 11.6 Å². The molecule has 0 saturated heterocycles. The Kier molecular flexibility index (Phi) is 5.44. The van der Waals surface area contributed by atoms with Crippen LogP contribution in [0.15, 0.2) is 54.9 Å². The first kappa shape index (κ1) is 19.6. The first-order chi connectivity index (χ1) is 14.6. The van der Waals surface area contributed by atoms with E-state index >= 15 is 0 Å². The molecule has 0 radical (unpaired) electrons. The fourth-order valence-corrected chi connectivity index (χ4v) is 3.03. The lowest BCUT2D eigenvalue weighted by molar-refractivity contribution is 0.146. The number of halogens is 1. The molecule has 9 heteroatoms. The summed E-state index contributed by atoms with van der Waals surface area (Å²) in [7, 11) is 3.43. The zero-order valence-corrected chi connectivity index (χ0v) is 16.6. The number of benzene rings is 2. The number of nitrogens with zero attached hydrogens (tertiary/aromatic N) is 5. The van der Waals surface area contributed by atoms with E-state index in [-0.39, 0.29) is 5.82 Å². The molecule has 154 valence electrons. The summed E-state index contributed by atoms with van der Waals surface area (Å²) in [6.45, 7) is 0.986. The molecule has 0 fully saturated rings. The minimum absolute atomic E-state index is 0.0481. The van der Waals surface area contributed by atoms with Gasteiger partial charge >= 0.3 is 0 Å². The summed E-state index contributed by atoms with van der Waals surface area (Å²) in [4.78, 5) is 10.3. The Balaban J connectivity index is 1.63. The molecule has 0 atom stereocenters. The molecule has 0 unspecified atom stereocenters. The molecule has 0 saturated carbocycles. The Morgan fingerprint density at radius 3 is 2.67 bits per heavy atom. The van der Waals surface area contributed by atoms with Crippen LogP contribution in [0.3, 0.4) is 0 Å². The Morgan fingerprint density at radius 1 is 1.10 bits per heavy atom. The Morgan fingerprint density at radius 2 is 1.90 bits per heavy atom. The summed E-state index contributed by atoms with van der Waals surface area (Å²) in [5, 5.41) is 5.00.